The second kappa shape index (κ2) is 7.07. The Hall–Kier alpha value is -1.09. The number of nitrogens with zero attached hydrogens (tertiary/aromatic N) is 3. The van der Waals surface area contributed by atoms with Crippen LogP contribution in [-0.2, 0) is 4.74 Å². The Labute approximate surface area is 122 Å². The number of epoxide rings is 1. The van der Waals surface area contributed by atoms with Gasteiger partial charge in [-0.15, -0.1) is 0 Å². The van der Waals surface area contributed by atoms with Crippen LogP contribution in [0.5, 0.6) is 0 Å². The highest BCUT2D eigenvalue weighted by Crippen LogP contribution is 2.25. The van der Waals surface area contributed by atoms with Crippen molar-refractivity contribution in [3.05, 3.63) is 17.8 Å². The third-order valence-electron chi connectivity index (χ3n) is 3.95. The van der Waals surface area contributed by atoms with Gasteiger partial charge in [0.25, 0.3) is 0 Å². The molecule has 2 aliphatic heterocycles. The molecule has 0 unspecified atom stereocenters. The van der Waals surface area contributed by atoms with Gasteiger partial charge in [-0.1, -0.05) is 13.0 Å². The Balaban J connectivity index is 1.89. The van der Waals surface area contributed by atoms with Crippen LogP contribution < -0.4 is 0 Å². The van der Waals surface area contributed by atoms with E-state index in [1.165, 1.54) is 5.70 Å². The molecule has 1 saturated heterocycles. The molecule has 1 fully saturated rings. The summed E-state index contributed by atoms with van der Waals surface area (Å²) in [5, 5.41) is 0. The van der Waals surface area contributed by atoms with Crippen LogP contribution in [0, 0.1) is 0 Å². The summed E-state index contributed by atoms with van der Waals surface area (Å²) in [5.41, 5.74) is 1.32. The Morgan fingerprint density at radius 2 is 2.35 bits per heavy atom. The number of hydrogen-bond acceptors (Lipinski definition) is 4. The van der Waals surface area contributed by atoms with Crippen molar-refractivity contribution in [3.8, 4) is 0 Å². The van der Waals surface area contributed by atoms with E-state index in [0.29, 0.717) is 18.4 Å². The third-order valence-corrected chi connectivity index (χ3v) is 3.95. The van der Waals surface area contributed by atoms with Crippen molar-refractivity contribution in [1.29, 1.82) is 0 Å². The number of likely N-dealkylation sites (N-methyl/N-ethyl adjacent to an activating group) is 1. The minimum absolute atomic E-state index is 0.341. The maximum Gasteiger partial charge on any atom is 0.137 e. The summed E-state index contributed by atoms with van der Waals surface area (Å²) in [5.74, 6) is 2.99. The molecule has 0 bridgehead atoms. The van der Waals surface area contributed by atoms with Gasteiger partial charge in [0.2, 0.25) is 0 Å². The van der Waals surface area contributed by atoms with E-state index in [1.54, 1.807) is 0 Å². The van der Waals surface area contributed by atoms with Crippen LogP contribution >= 0.6 is 0 Å². The van der Waals surface area contributed by atoms with Crippen molar-refractivity contribution in [2.75, 3.05) is 26.2 Å². The van der Waals surface area contributed by atoms with Gasteiger partial charge in [0.15, 0.2) is 0 Å². The molecule has 2 heterocycles. The van der Waals surface area contributed by atoms with E-state index in [9.17, 15) is 0 Å². The quantitative estimate of drug-likeness (QED) is 0.698. The largest absolute Gasteiger partial charge is 0.367 e. The molecule has 0 aromatic heterocycles. The minimum Gasteiger partial charge on any atom is -0.367 e. The van der Waals surface area contributed by atoms with Gasteiger partial charge in [0, 0.05) is 24.8 Å². The fourth-order valence-corrected chi connectivity index (χ4v) is 2.68. The predicted molar refractivity (Wildman–Crippen MR) is 83.0 cm³/mol. The minimum atomic E-state index is 0.341. The molecular formula is C16H27N3O. The zero-order chi connectivity index (χ0) is 14.5. The molecule has 0 spiro atoms. The van der Waals surface area contributed by atoms with Gasteiger partial charge < -0.3 is 9.64 Å². The van der Waals surface area contributed by atoms with Crippen LogP contribution in [-0.4, -0.2) is 60.2 Å². The molecule has 112 valence electrons. The number of hydrogen-bond donors (Lipinski definition) is 0. The van der Waals surface area contributed by atoms with Crippen molar-refractivity contribution in [1.82, 2.24) is 9.80 Å². The van der Waals surface area contributed by atoms with Crippen LogP contribution in [0.15, 0.2) is 22.8 Å². The fraction of sp³-hybridized carbons (Fsp3) is 0.750. The molecule has 2 rings (SSSR count). The Kier molecular flexibility index (Phi) is 5.41. The first-order valence-corrected chi connectivity index (χ1v) is 7.72. The molecule has 20 heavy (non-hydrogen) atoms. The van der Waals surface area contributed by atoms with Crippen LogP contribution in [0.2, 0.25) is 0 Å². The summed E-state index contributed by atoms with van der Waals surface area (Å²) in [6, 6.07) is 0.502. The first kappa shape index (κ1) is 15.3. The van der Waals surface area contributed by atoms with Gasteiger partial charge in [-0.25, -0.2) is 4.99 Å². The number of aliphatic imine (C=N–C) groups is 1. The molecular weight excluding hydrogens is 250 g/mol. The van der Waals surface area contributed by atoms with Crippen molar-refractivity contribution < 1.29 is 4.74 Å². The molecule has 0 radical (unpaired) electrons. The van der Waals surface area contributed by atoms with Crippen LogP contribution in [0.3, 0.4) is 0 Å². The fourth-order valence-electron chi connectivity index (χ4n) is 2.68. The lowest BCUT2D eigenvalue weighted by atomic mass is 10.2. The molecule has 0 aromatic rings. The van der Waals surface area contributed by atoms with E-state index in [4.69, 9.17) is 4.74 Å². The summed E-state index contributed by atoms with van der Waals surface area (Å²) >= 11 is 0. The zero-order valence-electron chi connectivity index (χ0n) is 13.2. The van der Waals surface area contributed by atoms with Gasteiger partial charge in [0.1, 0.15) is 6.23 Å². The van der Waals surface area contributed by atoms with Crippen LogP contribution in [0.4, 0.5) is 0 Å². The lowest BCUT2D eigenvalue weighted by Crippen LogP contribution is -2.32. The number of rotatable bonds is 6. The first-order valence-electron chi connectivity index (χ1n) is 7.72. The first-order chi connectivity index (χ1) is 9.63. The summed E-state index contributed by atoms with van der Waals surface area (Å²) in [4.78, 5) is 9.11. The molecule has 0 N–H and O–H groups in total. The molecule has 4 nitrogen and oxygen atoms in total. The zero-order valence-corrected chi connectivity index (χ0v) is 13.2. The highest BCUT2D eigenvalue weighted by Gasteiger charge is 2.38. The third kappa shape index (κ3) is 3.95. The van der Waals surface area contributed by atoms with Gasteiger partial charge >= 0.3 is 0 Å². The summed E-state index contributed by atoms with van der Waals surface area (Å²) in [7, 11) is 0. The normalized spacial score (nSPS) is 27.7. The van der Waals surface area contributed by atoms with Gasteiger partial charge in [-0.3, -0.25) is 4.90 Å². The highest BCUT2D eigenvalue weighted by molar-refractivity contribution is 5.53. The maximum absolute atomic E-state index is 5.55. The average molecular weight is 277 g/mol. The highest BCUT2D eigenvalue weighted by atomic mass is 16.6. The molecule has 0 aromatic carbocycles. The van der Waals surface area contributed by atoms with Crippen molar-refractivity contribution in [2.24, 2.45) is 4.99 Å². The Bertz CT molecular complexity index is 410. The van der Waals surface area contributed by atoms with Crippen molar-refractivity contribution in [2.45, 2.75) is 52.5 Å². The predicted octanol–water partition coefficient (Wildman–Crippen LogP) is 2.28. The molecule has 2 aliphatic rings. The summed E-state index contributed by atoms with van der Waals surface area (Å²) in [6.45, 7) is 12.5. The van der Waals surface area contributed by atoms with E-state index in [-0.39, 0.29) is 0 Å². The summed E-state index contributed by atoms with van der Waals surface area (Å²) < 4.78 is 5.55. The van der Waals surface area contributed by atoms with Crippen LogP contribution in [0.25, 0.3) is 0 Å². The average Bonchev–Trinajstić information content (AvgIpc) is 3.17. The van der Waals surface area contributed by atoms with Gasteiger partial charge in [-0.05, 0) is 45.7 Å². The monoisotopic (exact) mass is 277 g/mol. The van der Waals surface area contributed by atoms with E-state index in [1.807, 2.05) is 6.08 Å². The van der Waals surface area contributed by atoms with E-state index < -0.39 is 0 Å². The van der Waals surface area contributed by atoms with Crippen molar-refractivity contribution >= 4 is 5.87 Å². The van der Waals surface area contributed by atoms with Gasteiger partial charge in [0.05, 0.1) is 12.6 Å². The smallest absolute Gasteiger partial charge is 0.137 e. The Morgan fingerprint density at radius 3 is 2.95 bits per heavy atom. The molecule has 0 aliphatic carbocycles. The molecule has 2 atom stereocenters. The van der Waals surface area contributed by atoms with E-state index in [2.05, 4.69) is 54.4 Å². The standard InChI is InChI=1S/C16H27N3O/c1-5-18(16-14(4)20-16)10-6-8-15-12-17-9-7-11-19(15)13(2)3/h7-8,13-14,16H,5-6,10-12H2,1-4H3/b15-8+/t14-,16-/m1/s1. The SMILES string of the molecule is CCN(CC/C=C1\CN=C=CCN1C(C)C)[C@@H]1O[C@@H]1C. The second-order valence-electron chi connectivity index (χ2n) is 5.74. The maximum atomic E-state index is 5.55. The van der Waals surface area contributed by atoms with Gasteiger partial charge in [-0.2, -0.15) is 0 Å². The van der Waals surface area contributed by atoms with Crippen LogP contribution in [0.1, 0.15) is 34.1 Å². The molecule has 0 saturated carbocycles. The summed E-state index contributed by atoms with van der Waals surface area (Å²) in [6.07, 6.45) is 6.14. The second-order valence-corrected chi connectivity index (χ2v) is 5.74. The molecule has 0 amide bonds. The topological polar surface area (TPSA) is 31.4 Å². The number of ether oxygens (including phenoxy) is 1. The van der Waals surface area contributed by atoms with Crippen molar-refractivity contribution in [3.63, 3.8) is 0 Å². The lowest BCUT2D eigenvalue weighted by Gasteiger charge is -2.29. The van der Waals surface area contributed by atoms with E-state index >= 15 is 0 Å². The van der Waals surface area contributed by atoms with E-state index in [0.717, 1.165) is 32.6 Å². The lowest BCUT2D eigenvalue weighted by molar-refractivity contribution is 0.185. The molecule has 4 heteroatoms. The Morgan fingerprint density at radius 1 is 1.60 bits per heavy atom.